The van der Waals surface area contributed by atoms with E-state index in [1.165, 1.54) is 11.8 Å². The van der Waals surface area contributed by atoms with Crippen LogP contribution in [0.1, 0.15) is 5.56 Å². The average molecular weight is 332 g/mol. The van der Waals surface area contributed by atoms with Gasteiger partial charge in [-0.3, -0.25) is 5.41 Å². The second-order valence-electron chi connectivity index (χ2n) is 3.73. The smallest absolute Gasteiger partial charge is 0.124 e. The Labute approximate surface area is 130 Å². The molecular formula is C13H9Cl3N2S. The first kappa shape index (κ1) is 14.5. The molecule has 0 saturated carbocycles. The van der Waals surface area contributed by atoms with Crippen LogP contribution >= 0.6 is 46.6 Å². The van der Waals surface area contributed by atoms with Gasteiger partial charge in [-0.2, -0.15) is 0 Å². The molecule has 98 valence electrons. The van der Waals surface area contributed by atoms with E-state index in [1.807, 2.05) is 6.07 Å². The number of amidine groups is 1. The number of nitrogens with two attached hydrogens (primary N) is 1. The van der Waals surface area contributed by atoms with Crippen LogP contribution < -0.4 is 5.73 Å². The minimum absolute atomic E-state index is 0.0534. The Hall–Kier alpha value is -0.870. The molecule has 3 N–H and O–H groups in total. The number of benzene rings is 2. The van der Waals surface area contributed by atoms with Gasteiger partial charge in [0, 0.05) is 20.4 Å². The van der Waals surface area contributed by atoms with E-state index in [1.54, 1.807) is 30.3 Å². The fourth-order valence-corrected chi connectivity index (χ4v) is 3.20. The topological polar surface area (TPSA) is 49.9 Å². The molecule has 2 rings (SSSR count). The molecule has 2 aromatic rings. The van der Waals surface area contributed by atoms with Crippen LogP contribution in [0.3, 0.4) is 0 Å². The van der Waals surface area contributed by atoms with Gasteiger partial charge in [0.05, 0.1) is 10.0 Å². The van der Waals surface area contributed by atoms with Crippen molar-refractivity contribution in [3.05, 3.63) is 57.0 Å². The van der Waals surface area contributed by atoms with E-state index >= 15 is 0 Å². The number of nitrogen functional groups attached to an aromatic ring is 1. The summed E-state index contributed by atoms with van der Waals surface area (Å²) in [5.74, 6) is -0.0534. The third-order valence-electron chi connectivity index (χ3n) is 2.35. The Morgan fingerprint density at radius 3 is 2.37 bits per heavy atom. The summed E-state index contributed by atoms with van der Waals surface area (Å²) in [6, 6.07) is 10.6. The summed E-state index contributed by atoms with van der Waals surface area (Å²) in [7, 11) is 0. The third-order valence-corrected chi connectivity index (χ3v) is 4.39. The summed E-state index contributed by atoms with van der Waals surface area (Å²) >= 11 is 19.6. The molecule has 0 aliphatic heterocycles. The van der Waals surface area contributed by atoms with Gasteiger partial charge in [0.25, 0.3) is 0 Å². The van der Waals surface area contributed by atoms with Gasteiger partial charge in [-0.05, 0) is 36.4 Å². The fraction of sp³-hybridized carbons (Fsp3) is 0. The molecule has 0 aliphatic carbocycles. The number of halogens is 3. The minimum Gasteiger partial charge on any atom is -0.384 e. The molecule has 2 aromatic carbocycles. The molecule has 6 heteroatoms. The van der Waals surface area contributed by atoms with Crippen LogP contribution in [0.15, 0.2) is 46.2 Å². The van der Waals surface area contributed by atoms with Crippen LogP contribution in [0, 0.1) is 5.41 Å². The van der Waals surface area contributed by atoms with Crippen molar-refractivity contribution >= 4 is 52.4 Å². The first-order chi connectivity index (χ1) is 8.97. The monoisotopic (exact) mass is 330 g/mol. The lowest BCUT2D eigenvalue weighted by Gasteiger charge is -2.07. The predicted molar refractivity (Wildman–Crippen MR) is 83.1 cm³/mol. The van der Waals surface area contributed by atoms with Crippen molar-refractivity contribution in [3.63, 3.8) is 0 Å². The van der Waals surface area contributed by atoms with Crippen LogP contribution in [0.25, 0.3) is 0 Å². The van der Waals surface area contributed by atoms with Crippen molar-refractivity contribution in [1.29, 1.82) is 5.41 Å². The first-order valence-corrected chi connectivity index (χ1v) is 7.19. The predicted octanol–water partition coefficient (Wildman–Crippen LogP) is 5.08. The maximum absolute atomic E-state index is 7.38. The summed E-state index contributed by atoms with van der Waals surface area (Å²) < 4.78 is 0. The van der Waals surface area contributed by atoms with Gasteiger partial charge in [0.1, 0.15) is 5.84 Å². The maximum Gasteiger partial charge on any atom is 0.124 e. The second-order valence-corrected chi connectivity index (χ2v) is 6.10. The van der Waals surface area contributed by atoms with Crippen molar-refractivity contribution in [2.75, 3.05) is 0 Å². The van der Waals surface area contributed by atoms with Crippen LogP contribution in [0.2, 0.25) is 15.1 Å². The van der Waals surface area contributed by atoms with E-state index in [9.17, 15) is 0 Å². The SMILES string of the molecule is N=C(N)c1ccc(Sc2cc(Cl)ccc2Cl)cc1Cl. The lowest BCUT2D eigenvalue weighted by atomic mass is 10.2. The lowest BCUT2D eigenvalue weighted by Crippen LogP contribution is -2.11. The van der Waals surface area contributed by atoms with Crippen LogP contribution in [0.5, 0.6) is 0 Å². The number of rotatable bonds is 3. The van der Waals surface area contributed by atoms with Crippen molar-refractivity contribution in [2.24, 2.45) is 5.73 Å². The van der Waals surface area contributed by atoms with Gasteiger partial charge < -0.3 is 5.73 Å². The van der Waals surface area contributed by atoms with Crippen LogP contribution in [-0.2, 0) is 0 Å². The molecule has 2 nitrogen and oxygen atoms in total. The van der Waals surface area contributed by atoms with Gasteiger partial charge in [0.2, 0.25) is 0 Å². The second kappa shape index (κ2) is 6.06. The van der Waals surface area contributed by atoms with Gasteiger partial charge in [-0.15, -0.1) is 0 Å². The fourth-order valence-electron chi connectivity index (χ4n) is 1.46. The van der Waals surface area contributed by atoms with Crippen molar-refractivity contribution in [3.8, 4) is 0 Å². The number of hydrogen-bond donors (Lipinski definition) is 2. The van der Waals surface area contributed by atoms with E-state index in [0.717, 1.165) is 9.79 Å². The molecule has 0 heterocycles. The molecule has 0 unspecified atom stereocenters. The van der Waals surface area contributed by atoms with E-state index < -0.39 is 0 Å². The Kier molecular flexibility index (Phi) is 4.63. The van der Waals surface area contributed by atoms with E-state index in [2.05, 4.69) is 0 Å². The molecule has 0 amide bonds. The van der Waals surface area contributed by atoms with E-state index in [4.69, 9.17) is 45.9 Å². The average Bonchev–Trinajstić information content (AvgIpc) is 2.33. The molecule has 0 atom stereocenters. The molecule has 0 aliphatic rings. The summed E-state index contributed by atoms with van der Waals surface area (Å²) in [6.07, 6.45) is 0. The Balaban J connectivity index is 2.31. The Morgan fingerprint density at radius 1 is 1.00 bits per heavy atom. The number of nitrogens with one attached hydrogen (secondary N) is 1. The van der Waals surface area contributed by atoms with E-state index in [-0.39, 0.29) is 5.84 Å². The highest BCUT2D eigenvalue weighted by Gasteiger charge is 2.08. The summed E-state index contributed by atoms with van der Waals surface area (Å²) in [5.41, 5.74) is 5.93. The third kappa shape index (κ3) is 3.57. The zero-order chi connectivity index (χ0) is 14.0. The molecule has 0 saturated heterocycles. The van der Waals surface area contributed by atoms with Gasteiger partial charge >= 0.3 is 0 Å². The zero-order valence-electron chi connectivity index (χ0n) is 9.58. The number of hydrogen-bond acceptors (Lipinski definition) is 2. The standard InChI is InChI=1S/C13H9Cl3N2S/c14-7-1-4-10(15)12(5-7)19-8-2-3-9(13(17)18)11(16)6-8/h1-6H,(H3,17,18). The first-order valence-electron chi connectivity index (χ1n) is 5.24. The minimum atomic E-state index is -0.0534. The van der Waals surface area contributed by atoms with Crippen molar-refractivity contribution < 1.29 is 0 Å². The van der Waals surface area contributed by atoms with E-state index in [0.29, 0.717) is 20.6 Å². The summed E-state index contributed by atoms with van der Waals surface area (Å²) in [4.78, 5) is 1.75. The molecule has 0 fully saturated rings. The van der Waals surface area contributed by atoms with Gasteiger partial charge in [-0.25, -0.2) is 0 Å². The largest absolute Gasteiger partial charge is 0.384 e. The Bertz CT molecular complexity index is 644. The zero-order valence-corrected chi connectivity index (χ0v) is 12.7. The molecule has 19 heavy (non-hydrogen) atoms. The molecule has 0 radical (unpaired) electrons. The Morgan fingerprint density at radius 2 is 1.74 bits per heavy atom. The summed E-state index contributed by atoms with van der Waals surface area (Å²) in [5, 5.41) is 9.07. The highest BCUT2D eigenvalue weighted by atomic mass is 35.5. The molecule has 0 aromatic heterocycles. The molecule has 0 spiro atoms. The normalized spacial score (nSPS) is 10.5. The van der Waals surface area contributed by atoms with Crippen LogP contribution in [0.4, 0.5) is 0 Å². The van der Waals surface area contributed by atoms with Gasteiger partial charge in [0.15, 0.2) is 0 Å². The quantitative estimate of drug-likeness (QED) is 0.608. The molecular weight excluding hydrogens is 323 g/mol. The van der Waals surface area contributed by atoms with Crippen LogP contribution in [-0.4, -0.2) is 5.84 Å². The van der Waals surface area contributed by atoms with Crippen molar-refractivity contribution in [1.82, 2.24) is 0 Å². The molecule has 0 bridgehead atoms. The van der Waals surface area contributed by atoms with Crippen molar-refractivity contribution in [2.45, 2.75) is 9.79 Å². The highest BCUT2D eigenvalue weighted by molar-refractivity contribution is 7.99. The maximum atomic E-state index is 7.38. The lowest BCUT2D eigenvalue weighted by molar-refractivity contribution is 1.37. The van der Waals surface area contributed by atoms with Gasteiger partial charge in [-0.1, -0.05) is 46.6 Å². The highest BCUT2D eigenvalue weighted by Crippen LogP contribution is 2.36. The summed E-state index contributed by atoms with van der Waals surface area (Å²) in [6.45, 7) is 0.